The first kappa shape index (κ1) is 19.4. The van der Waals surface area contributed by atoms with E-state index in [1.54, 1.807) is 30.6 Å². The zero-order valence-corrected chi connectivity index (χ0v) is 16.9. The number of halogens is 2. The van der Waals surface area contributed by atoms with Crippen molar-refractivity contribution in [1.82, 2.24) is 15.2 Å². The van der Waals surface area contributed by atoms with Gasteiger partial charge in [-0.1, -0.05) is 11.6 Å². The lowest BCUT2D eigenvalue weighted by Gasteiger charge is -2.12. The van der Waals surface area contributed by atoms with E-state index in [2.05, 4.69) is 19.9 Å². The quantitative estimate of drug-likeness (QED) is 0.434. The molecule has 0 fully saturated rings. The number of aromatic amines is 1. The standard InChI is InChI=1S/C18H12ClFN4O3S2/c19-12-1-3-16(14(5-12)11-7-22-23-8-11)27-13-2-4-17(15(20)6-13)29(25,26)24-18-9-28-10-21-18/h1-10,24H,(H,22,23). The molecule has 7 nitrogen and oxygen atoms in total. The molecule has 2 N–H and O–H groups in total. The Bertz CT molecular complexity index is 1250. The Kier molecular flexibility index (Phi) is 5.22. The Morgan fingerprint density at radius 3 is 2.76 bits per heavy atom. The number of sulfonamides is 1. The minimum Gasteiger partial charge on any atom is -0.457 e. The second-order valence-corrected chi connectivity index (χ2v) is 8.61. The summed E-state index contributed by atoms with van der Waals surface area (Å²) in [5.74, 6) is -0.293. The molecule has 0 bridgehead atoms. The minimum atomic E-state index is -4.12. The second-order valence-electron chi connectivity index (χ2n) is 5.80. The van der Waals surface area contributed by atoms with E-state index in [0.29, 0.717) is 16.3 Å². The average molecular weight is 451 g/mol. The number of hydrogen-bond donors (Lipinski definition) is 2. The molecule has 4 rings (SSSR count). The van der Waals surface area contributed by atoms with Crippen LogP contribution in [0.25, 0.3) is 11.1 Å². The zero-order chi connectivity index (χ0) is 20.4. The van der Waals surface area contributed by atoms with Gasteiger partial charge in [-0.3, -0.25) is 9.82 Å². The maximum Gasteiger partial charge on any atom is 0.265 e. The highest BCUT2D eigenvalue weighted by molar-refractivity contribution is 7.92. The van der Waals surface area contributed by atoms with E-state index >= 15 is 0 Å². The van der Waals surface area contributed by atoms with Crippen LogP contribution in [-0.2, 0) is 10.0 Å². The summed E-state index contributed by atoms with van der Waals surface area (Å²) in [5.41, 5.74) is 2.85. The first-order valence-corrected chi connectivity index (χ1v) is 10.9. The summed E-state index contributed by atoms with van der Waals surface area (Å²) in [7, 11) is -4.12. The SMILES string of the molecule is O=S(=O)(Nc1cscn1)c1ccc(Oc2ccc(Cl)cc2-c2cn[nH]c2)cc1F. The van der Waals surface area contributed by atoms with Crippen molar-refractivity contribution in [3.63, 3.8) is 0 Å². The van der Waals surface area contributed by atoms with Crippen LogP contribution in [0.2, 0.25) is 5.02 Å². The first-order valence-electron chi connectivity index (χ1n) is 8.09. The van der Waals surface area contributed by atoms with E-state index in [0.717, 1.165) is 17.7 Å². The molecule has 0 saturated heterocycles. The molecule has 0 atom stereocenters. The van der Waals surface area contributed by atoms with Gasteiger partial charge in [0.2, 0.25) is 0 Å². The number of nitrogens with zero attached hydrogens (tertiary/aromatic N) is 2. The number of anilines is 1. The molecule has 0 radical (unpaired) electrons. The molecule has 0 unspecified atom stereocenters. The Morgan fingerprint density at radius 1 is 1.21 bits per heavy atom. The van der Waals surface area contributed by atoms with Gasteiger partial charge in [-0.25, -0.2) is 17.8 Å². The summed E-state index contributed by atoms with van der Waals surface area (Å²) in [4.78, 5) is 3.32. The monoisotopic (exact) mass is 450 g/mol. The average Bonchev–Trinajstić information content (AvgIpc) is 3.36. The van der Waals surface area contributed by atoms with E-state index in [4.69, 9.17) is 16.3 Å². The summed E-state index contributed by atoms with van der Waals surface area (Å²) >= 11 is 7.28. The summed E-state index contributed by atoms with van der Waals surface area (Å²) < 4.78 is 47.3. The summed E-state index contributed by atoms with van der Waals surface area (Å²) in [6.07, 6.45) is 3.26. The van der Waals surface area contributed by atoms with Crippen molar-refractivity contribution in [1.29, 1.82) is 0 Å². The van der Waals surface area contributed by atoms with Crippen molar-refractivity contribution < 1.29 is 17.5 Å². The highest BCUT2D eigenvalue weighted by atomic mass is 35.5. The van der Waals surface area contributed by atoms with Crippen molar-refractivity contribution in [2.24, 2.45) is 0 Å². The lowest BCUT2D eigenvalue weighted by atomic mass is 10.1. The third-order valence-corrected chi connectivity index (χ3v) is 6.05. The second kappa shape index (κ2) is 7.82. The predicted octanol–water partition coefficient (Wildman–Crippen LogP) is 4.92. The lowest BCUT2D eigenvalue weighted by Crippen LogP contribution is -2.14. The van der Waals surface area contributed by atoms with Crippen molar-refractivity contribution in [2.45, 2.75) is 4.90 Å². The number of H-pyrrole nitrogens is 1. The fourth-order valence-electron chi connectivity index (χ4n) is 2.56. The molecule has 29 heavy (non-hydrogen) atoms. The third kappa shape index (κ3) is 4.24. The van der Waals surface area contributed by atoms with E-state index in [9.17, 15) is 12.8 Å². The maximum absolute atomic E-state index is 14.6. The van der Waals surface area contributed by atoms with Gasteiger partial charge in [0, 0.05) is 33.8 Å². The molecule has 11 heteroatoms. The molecule has 148 valence electrons. The van der Waals surface area contributed by atoms with E-state index < -0.39 is 20.7 Å². The van der Waals surface area contributed by atoms with Gasteiger partial charge in [0.15, 0.2) is 5.82 Å². The highest BCUT2D eigenvalue weighted by Crippen LogP contribution is 2.35. The molecule has 0 spiro atoms. The molecule has 0 amide bonds. The molecule has 2 heterocycles. The van der Waals surface area contributed by atoms with Crippen LogP contribution in [0.15, 0.2) is 64.6 Å². The third-order valence-electron chi connectivity index (χ3n) is 3.84. The smallest absolute Gasteiger partial charge is 0.265 e. The molecule has 2 aromatic heterocycles. The molecule has 0 aliphatic carbocycles. The summed E-state index contributed by atoms with van der Waals surface area (Å²) in [5, 5.41) is 8.60. The Hall–Kier alpha value is -2.95. The van der Waals surface area contributed by atoms with E-state index in [-0.39, 0.29) is 11.6 Å². The number of ether oxygens (including phenoxy) is 1. The molecular formula is C18H12ClFN4O3S2. The summed E-state index contributed by atoms with van der Waals surface area (Å²) in [6.45, 7) is 0. The first-order chi connectivity index (χ1) is 13.9. The number of thiazole rings is 1. The van der Waals surface area contributed by atoms with Crippen molar-refractivity contribution in [3.8, 4) is 22.6 Å². The molecular weight excluding hydrogens is 439 g/mol. The number of aromatic nitrogens is 3. The van der Waals surface area contributed by atoms with Crippen LogP contribution in [0.1, 0.15) is 0 Å². The molecule has 0 aliphatic heterocycles. The van der Waals surface area contributed by atoms with Crippen molar-refractivity contribution in [2.75, 3.05) is 4.72 Å². The van der Waals surface area contributed by atoms with Gasteiger partial charge in [0.1, 0.15) is 22.2 Å². The van der Waals surface area contributed by atoms with Crippen molar-refractivity contribution >= 4 is 38.8 Å². The number of hydrogen-bond acceptors (Lipinski definition) is 6. The largest absolute Gasteiger partial charge is 0.457 e. The lowest BCUT2D eigenvalue weighted by molar-refractivity contribution is 0.475. The van der Waals surface area contributed by atoms with Crippen LogP contribution in [0.3, 0.4) is 0 Å². The molecule has 0 aliphatic rings. The molecule has 0 saturated carbocycles. The number of benzene rings is 2. The zero-order valence-electron chi connectivity index (χ0n) is 14.5. The van der Waals surface area contributed by atoms with Gasteiger partial charge >= 0.3 is 0 Å². The fourth-order valence-corrected chi connectivity index (χ4v) is 4.35. The van der Waals surface area contributed by atoms with E-state index in [1.807, 2.05) is 0 Å². The molecule has 2 aromatic carbocycles. The van der Waals surface area contributed by atoms with Crippen LogP contribution in [0.4, 0.5) is 10.2 Å². The van der Waals surface area contributed by atoms with Crippen molar-refractivity contribution in [3.05, 3.63) is 70.5 Å². The maximum atomic E-state index is 14.6. The van der Waals surface area contributed by atoms with Gasteiger partial charge in [0.25, 0.3) is 10.0 Å². The molecule has 4 aromatic rings. The highest BCUT2D eigenvalue weighted by Gasteiger charge is 2.21. The Morgan fingerprint density at radius 2 is 2.07 bits per heavy atom. The van der Waals surface area contributed by atoms with Gasteiger partial charge in [-0.2, -0.15) is 5.10 Å². The van der Waals surface area contributed by atoms with Gasteiger partial charge in [-0.15, -0.1) is 11.3 Å². The van der Waals surface area contributed by atoms with Crippen LogP contribution in [0.5, 0.6) is 11.5 Å². The van der Waals surface area contributed by atoms with Crippen LogP contribution in [0, 0.1) is 5.82 Å². The van der Waals surface area contributed by atoms with Crippen LogP contribution in [-0.4, -0.2) is 23.6 Å². The Balaban J connectivity index is 1.63. The number of rotatable bonds is 6. The van der Waals surface area contributed by atoms with Crippen LogP contribution < -0.4 is 9.46 Å². The van der Waals surface area contributed by atoms with E-state index in [1.165, 1.54) is 28.3 Å². The van der Waals surface area contributed by atoms with Crippen LogP contribution >= 0.6 is 22.9 Å². The minimum absolute atomic E-state index is 0.126. The fraction of sp³-hybridized carbons (Fsp3) is 0. The Labute approximate surface area is 174 Å². The van der Waals surface area contributed by atoms with Gasteiger partial charge < -0.3 is 4.74 Å². The topological polar surface area (TPSA) is 97.0 Å². The predicted molar refractivity (Wildman–Crippen MR) is 108 cm³/mol. The van der Waals surface area contributed by atoms with Gasteiger partial charge in [-0.05, 0) is 30.3 Å². The summed E-state index contributed by atoms with van der Waals surface area (Å²) in [6, 6.07) is 8.46. The number of nitrogens with one attached hydrogen (secondary N) is 2. The van der Waals surface area contributed by atoms with Gasteiger partial charge in [0.05, 0.1) is 11.7 Å². The normalized spacial score (nSPS) is 11.4.